The van der Waals surface area contributed by atoms with Gasteiger partial charge in [0, 0.05) is 29.8 Å². The fourth-order valence-corrected chi connectivity index (χ4v) is 2.88. The summed E-state index contributed by atoms with van der Waals surface area (Å²) in [5, 5.41) is 9.98. The fraction of sp³-hybridized carbons (Fsp3) is 0.105. The molecule has 6 nitrogen and oxygen atoms in total. The lowest BCUT2D eigenvalue weighted by Crippen LogP contribution is -2.22. The van der Waals surface area contributed by atoms with Crippen molar-refractivity contribution in [2.75, 3.05) is 19.4 Å². The molecular weight excluding hydrogens is 432 g/mol. The van der Waals surface area contributed by atoms with Crippen molar-refractivity contribution < 1.29 is 9.59 Å². The third-order valence-corrected chi connectivity index (χ3v) is 4.68. The SMILES string of the molecule is CN(C)C(=O)c1cc(NC(=O)c2cc(-c3ccc(Br)cc3)n[nH]2)ccc1Cl. The summed E-state index contributed by atoms with van der Waals surface area (Å²) in [5.74, 6) is -0.605. The number of hydrogen-bond acceptors (Lipinski definition) is 3. The molecule has 0 atom stereocenters. The molecule has 0 saturated carbocycles. The summed E-state index contributed by atoms with van der Waals surface area (Å²) in [7, 11) is 3.27. The molecule has 0 spiro atoms. The Labute approximate surface area is 169 Å². The number of aromatic amines is 1. The van der Waals surface area contributed by atoms with Gasteiger partial charge in [0.25, 0.3) is 11.8 Å². The smallest absolute Gasteiger partial charge is 0.273 e. The quantitative estimate of drug-likeness (QED) is 0.620. The van der Waals surface area contributed by atoms with Crippen LogP contribution in [0.15, 0.2) is 53.0 Å². The van der Waals surface area contributed by atoms with E-state index in [0.29, 0.717) is 27.7 Å². The van der Waals surface area contributed by atoms with Crippen LogP contribution in [-0.2, 0) is 0 Å². The number of aromatic nitrogens is 2. The van der Waals surface area contributed by atoms with Gasteiger partial charge in [0.1, 0.15) is 5.69 Å². The number of nitrogens with zero attached hydrogens (tertiary/aromatic N) is 2. The van der Waals surface area contributed by atoms with Crippen LogP contribution < -0.4 is 5.32 Å². The second-order valence-corrected chi connectivity index (χ2v) is 7.34. The van der Waals surface area contributed by atoms with Crippen molar-refractivity contribution in [2.24, 2.45) is 0 Å². The molecule has 1 aromatic heterocycles. The topological polar surface area (TPSA) is 78.1 Å². The van der Waals surface area contributed by atoms with Crippen LogP contribution in [0.2, 0.25) is 5.02 Å². The van der Waals surface area contributed by atoms with Crippen molar-refractivity contribution in [2.45, 2.75) is 0 Å². The van der Waals surface area contributed by atoms with Crippen LogP contribution in [0.1, 0.15) is 20.8 Å². The van der Waals surface area contributed by atoms with Crippen molar-refractivity contribution in [1.82, 2.24) is 15.1 Å². The van der Waals surface area contributed by atoms with Crippen molar-refractivity contribution in [3.8, 4) is 11.3 Å². The van der Waals surface area contributed by atoms with Crippen LogP contribution in [-0.4, -0.2) is 41.0 Å². The van der Waals surface area contributed by atoms with E-state index in [9.17, 15) is 9.59 Å². The van der Waals surface area contributed by atoms with Gasteiger partial charge >= 0.3 is 0 Å². The highest BCUT2D eigenvalue weighted by Crippen LogP contribution is 2.23. The van der Waals surface area contributed by atoms with Crippen molar-refractivity contribution in [3.63, 3.8) is 0 Å². The van der Waals surface area contributed by atoms with E-state index in [-0.39, 0.29) is 11.8 Å². The molecule has 0 radical (unpaired) electrons. The predicted octanol–water partition coefficient (Wildman–Crippen LogP) is 4.45. The van der Waals surface area contributed by atoms with Crippen molar-refractivity contribution in [1.29, 1.82) is 0 Å². The van der Waals surface area contributed by atoms with Crippen molar-refractivity contribution >= 4 is 45.0 Å². The van der Waals surface area contributed by atoms with Gasteiger partial charge in [0.2, 0.25) is 0 Å². The molecule has 1 heterocycles. The van der Waals surface area contributed by atoms with Gasteiger partial charge in [-0.3, -0.25) is 14.7 Å². The number of anilines is 1. The highest BCUT2D eigenvalue weighted by Gasteiger charge is 2.16. The van der Waals surface area contributed by atoms with Crippen LogP contribution in [0.3, 0.4) is 0 Å². The molecule has 27 heavy (non-hydrogen) atoms. The molecule has 8 heteroatoms. The Morgan fingerprint density at radius 2 is 1.81 bits per heavy atom. The molecule has 0 aliphatic rings. The second-order valence-electron chi connectivity index (χ2n) is 6.02. The van der Waals surface area contributed by atoms with Gasteiger partial charge in [0.05, 0.1) is 16.3 Å². The zero-order chi connectivity index (χ0) is 19.6. The van der Waals surface area contributed by atoms with E-state index in [4.69, 9.17) is 11.6 Å². The van der Waals surface area contributed by atoms with Gasteiger partial charge in [0.15, 0.2) is 0 Å². The highest BCUT2D eigenvalue weighted by atomic mass is 79.9. The molecule has 2 aromatic carbocycles. The first-order chi connectivity index (χ1) is 12.8. The molecule has 0 bridgehead atoms. The maximum atomic E-state index is 12.5. The molecule has 0 unspecified atom stereocenters. The average molecular weight is 448 g/mol. The zero-order valence-electron chi connectivity index (χ0n) is 14.6. The van der Waals surface area contributed by atoms with Gasteiger partial charge < -0.3 is 10.2 Å². The number of benzene rings is 2. The molecule has 0 aliphatic heterocycles. The summed E-state index contributed by atoms with van der Waals surface area (Å²) in [6.07, 6.45) is 0. The second kappa shape index (κ2) is 7.94. The summed E-state index contributed by atoms with van der Waals surface area (Å²) >= 11 is 9.48. The summed E-state index contributed by atoms with van der Waals surface area (Å²) < 4.78 is 0.963. The molecule has 2 N–H and O–H groups in total. The Kier molecular flexibility index (Phi) is 5.62. The number of hydrogen-bond donors (Lipinski definition) is 2. The third-order valence-electron chi connectivity index (χ3n) is 3.82. The van der Waals surface area contributed by atoms with E-state index in [1.54, 1.807) is 38.4 Å². The van der Waals surface area contributed by atoms with Crippen LogP contribution in [0.5, 0.6) is 0 Å². The lowest BCUT2D eigenvalue weighted by Gasteiger charge is -2.13. The standard InChI is InChI=1S/C19H16BrClN4O2/c1-25(2)19(27)14-9-13(7-8-15(14)21)22-18(26)17-10-16(23-24-17)11-3-5-12(20)6-4-11/h3-10H,1-2H3,(H,22,26)(H,23,24). The Morgan fingerprint density at radius 3 is 2.48 bits per heavy atom. The number of amides is 2. The monoisotopic (exact) mass is 446 g/mol. The van der Waals surface area contributed by atoms with Crippen LogP contribution in [0.4, 0.5) is 5.69 Å². The van der Waals surface area contributed by atoms with Crippen LogP contribution in [0, 0.1) is 0 Å². The normalized spacial score (nSPS) is 10.5. The predicted molar refractivity (Wildman–Crippen MR) is 109 cm³/mol. The summed E-state index contributed by atoms with van der Waals surface area (Å²) in [6.45, 7) is 0. The minimum Gasteiger partial charge on any atom is -0.345 e. The molecule has 0 saturated heterocycles. The Bertz CT molecular complexity index is 999. The number of H-pyrrole nitrogens is 1. The van der Waals surface area contributed by atoms with E-state index < -0.39 is 0 Å². The molecule has 2 amide bonds. The molecule has 0 aliphatic carbocycles. The van der Waals surface area contributed by atoms with Gasteiger partial charge in [-0.1, -0.05) is 39.7 Å². The molecule has 3 aromatic rings. The van der Waals surface area contributed by atoms with Crippen LogP contribution in [0.25, 0.3) is 11.3 Å². The molecular formula is C19H16BrClN4O2. The third kappa shape index (κ3) is 4.37. The number of carbonyl (C=O) groups excluding carboxylic acids is 2. The van der Waals surface area contributed by atoms with Crippen LogP contribution >= 0.6 is 27.5 Å². The summed E-state index contributed by atoms with van der Waals surface area (Å²) in [4.78, 5) is 26.1. The van der Waals surface area contributed by atoms with E-state index in [2.05, 4.69) is 31.4 Å². The Hall–Kier alpha value is -2.64. The maximum absolute atomic E-state index is 12.5. The average Bonchev–Trinajstić information content (AvgIpc) is 3.13. The number of halogens is 2. The van der Waals surface area contributed by atoms with E-state index in [0.717, 1.165) is 10.0 Å². The van der Waals surface area contributed by atoms with Gasteiger partial charge in [-0.05, 0) is 36.4 Å². The number of nitrogens with one attached hydrogen (secondary N) is 2. The van der Waals surface area contributed by atoms with E-state index in [1.807, 2.05) is 24.3 Å². The highest BCUT2D eigenvalue weighted by molar-refractivity contribution is 9.10. The largest absolute Gasteiger partial charge is 0.345 e. The molecule has 0 fully saturated rings. The first-order valence-corrected chi connectivity index (χ1v) is 9.16. The zero-order valence-corrected chi connectivity index (χ0v) is 16.9. The molecule has 138 valence electrons. The Morgan fingerprint density at radius 1 is 1.11 bits per heavy atom. The first kappa shape index (κ1) is 19.1. The fourth-order valence-electron chi connectivity index (χ4n) is 2.41. The minimum atomic E-state index is -0.364. The van der Waals surface area contributed by atoms with E-state index >= 15 is 0 Å². The maximum Gasteiger partial charge on any atom is 0.273 e. The first-order valence-electron chi connectivity index (χ1n) is 7.99. The molecule has 3 rings (SSSR count). The lowest BCUT2D eigenvalue weighted by atomic mass is 10.1. The lowest BCUT2D eigenvalue weighted by molar-refractivity contribution is 0.0827. The van der Waals surface area contributed by atoms with E-state index in [1.165, 1.54) is 4.90 Å². The van der Waals surface area contributed by atoms with Crippen molar-refractivity contribution in [3.05, 3.63) is 69.3 Å². The number of carbonyl (C=O) groups is 2. The summed E-state index contributed by atoms with van der Waals surface area (Å²) in [5.41, 5.74) is 2.64. The van der Waals surface area contributed by atoms with Gasteiger partial charge in [-0.25, -0.2) is 0 Å². The van der Waals surface area contributed by atoms with Gasteiger partial charge in [-0.2, -0.15) is 5.10 Å². The Balaban J connectivity index is 1.79. The number of rotatable bonds is 4. The minimum absolute atomic E-state index is 0.241. The van der Waals surface area contributed by atoms with Gasteiger partial charge in [-0.15, -0.1) is 0 Å². The summed E-state index contributed by atoms with van der Waals surface area (Å²) in [6, 6.07) is 14.0.